The maximum absolute atomic E-state index is 12.9. The summed E-state index contributed by atoms with van der Waals surface area (Å²) >= 11 is 1.58. The second kappa shape index (κ2) is 8.26. The van der Waals surface area contributed by atoms with Crippen LogP contribution in [0, 0.1) is 0 Å². The zero-order chi connectivity index (χ0) is 17.6. The summed E-state index contributed by atoms with van der Waals surface area (Å²) in [4.78, 5) is 1.31. The van der Waals surface area contributed by atoms with E-state index in [4.69, 9.17) is 4.74 Å². The highest BCUT2D eigenvalue weighted by Crippen LogP contribution is 2.26. The molecule has 2 aromatic rings. The fraction of sp³-hybridized carbons (Fsp3) is 0.222. The molecular weight excluding hydrogens is 342 g/mol. The van der Waals surface area contributed by atoms with Crippen LogP contribution in [0.1, 0.15) is 6.92 Å². The van der Waals surface area contributed by atoms with Crippen LogP contribution in [0.5, 0.6) is 5.75 Å². The smallest absolute Gasteiger partial charge is 0.264 e. The quantitative estimate of drug-likeness (QED) is 0.521. The molecule has 128 valence electrons. The van der Waals surface area contributed by atoms with Crippen LogP contribution in [0.3, 0.4) is 0 Å². The number of nitrogens with zero attached hydrogens (tertiary/aromatic N) is 1. The van der Waals surface area contributed by atoms with E-state index < -0.39 is 10.0 Å². The molecule has 0 fully saturated rings. The number of benzene rings is 2. The minimum atomic E-state index is -3.59. The van der Waals surface area contributed by atoms with Gasteiger partial charge in [-0.3, -0.25) is 4.31 Å². The number of rotatable bonds is 8. The van der Waals surface area contributed by atoms with Gasteiger partial charge in [0, 0.05) is 11.4 Å². The fourth-order valence-electron chi connectivity index (χ4n) is 2.23. The Kier molecular flexibility index (Phi) is 6.34. The summed E-state index contributed by atoms with van der Waals surface area (Å²) in [5, 5.41) is 0. The summed E-state index contributed by atoms with van der Waals surface area (Å²) in [6.45, 7) is 6.17. The van der Waals surface area contributed by atoms with E-state index >= 15 is 0 Å². The van der Waals surface area contributed by atoms with Crippen molar-refractivity contribution in [1.82, 2.24) is 0 Å². The molecule has 0 bridgehead atoms. The Hall–Kier alpha value is -1.92. The summed E-state index contributed by atoms with van der Waals surface area (Å²) in [6, 6.07) is 13.9. The lowest BCUT2D eigenvalue weighted by molar-refractivity contribution is 0.363. The number of thioether (sulfide) groups is 1. The first-order valence-corrected chi connectivity index (χ1v) is 10.2. The molecule has 0 aromatic heterocycles. The van der Waals surface area contributed by atoms with Gasteiger partial charge in [-0.25, -0.2) is 8.42 Å². The molecule has 0 aliphatic carbocycles. The van der Waals surface area contributed by atoms with Gasteiger partial charge in [0.15, 0.2) is 0 Å². The van der Waals surface area contributed by atoms with Crippen LogP contribution >= 0.6 is 11.8 Å². The largest absolute Gasteiger partial charge is 0.490 e. The Bertz CT molecular complexity index is 769. The van der Waals surface area contributed by atoms with E-state index in [1.165, 1.54) is 4.31 Å². The van der Waals surface area contributed by atoms with Gasteiger partial charge >= 0.3 is 0 Å². The second-order valence-corrected chi connectivity index (χ2v) is 7.68. The van der Waals surface area contributed by atoms with Gasteiger partial charge in [-0.1, -0.05) is 12.7 Å². The van der Waals surface area contributed by atoms with Crippen LogP contribution in [0.15, 0.2) is 71.0 Å². The number of anilines is 1. The molecular formula is C18H21NO3S2. The highest BCUT2D eigenvalue weighted by atomic mass is 32.2. The first-order chi connectivity index (χ1) is 11.5. The zero-order valence-electron chi connectivity index (χ0n) is 13.8. The van der Waals surface area contributed by atoms with Gasteiger partial charge in [-0.2, -0.15) is 0 Å². The monoisotopic (exact) mass is 363 g/mol. The number of hydrogen-bond donors (Lipinski definition) is 0. The summed E-state index contributed by atoms with van der Waals surface area (Å²) < 4.78 is 32.6. The third kappa shape index (κ3) is 4.13. The zero-order valence-corrected chi connectivity index (χ0v) is 15.4. The Morgan fingerprint density at radius 3 is 2.25 bits per heavy atom. The molecule has 2 rings (SSSR count). The van der Waals surface area contributed by atoms with Crippen molar-refractivity contribution in [1.29, 1.82) is 0 Å². The van der Waals surface area contributed by atoms with Gasteiger partial charge in [0.1, 0.15) is 12.4 Å². The van der Waals surface area contributed by atoms with E-state index in [0.29, 0.717) is 24.6 Å². The minimum absolute atomic E-state index is 0.286. The van der Waals surface area contributed by atoms with Gasteiger partial charge in [-0.15, -0.1) is 11.8 Å². The summed E-state index contributed by atoms with van der Waals surface area (Å²) in [5.74, 6) is 0.677. The molecule has 6 heteroatoms. The van der Waals surface area contributed by atoms with E-state index in [2.05, 4.69) is 6.58 Å². The predicted octanol–water partition coefficient (Wildman–Crippen LogP) is 4.19. The van der Waals surface area contributed by atoms with Crippen LogP contribution in [0.2, 0.25) is 0 Å². The fourth-order valence-corrected chi connectivity index (χ4v) is 4.11. The lowest BCUT2D eigenvalue weighted by Crippen LogP contribution is -2.30. The Morgan fingerprint density at radius 1 is 1.12 bits per heavy atom. The molecule has 0 heterocycles. The van der Waals surface area contributed by atoms with Crippen molar-refractivity contribution in [3.05, 3.63) is 61.2 Å². The van der Waals surface area contributed by atoms with Crippen LogP contribution in [-0.4, -0.2) is 27.8 Å². The molecule has 0 saturated carbocycles. The highest BCUT2D eigenvalue weighted by Gasteiger charge is 2.23. The maximum atomic E-state index is 12.9. The van der Waals surface area contributed by atoms with E-state index in [0.717, 1.165) is 4.90 Å². The highest BCUT2D eigenvalue weighted by molar-refractivity contribution is 7.98. The number of ether oxygens (including phenoxy) is 1. The first-order valence-electron chi connectivity index (χ1n) is 7.53. The molecule has 0 aliphatic heterocycles. The van der Waals surface area contributed by atoms with Crippen LogP contribution in [0.25, 0.3) is 0 Å². The molecule has 0 radical (unpaired) electrons. The van der Waals surface area contributed by atoms with E-state index in [1.807, 2.05) is 25.3 Å². The third-order valence-electron chi connectivity index (χ3n) is 3.43. The van der Waals surface area contributed by atoms with Crippen molar-refractivity contribution in [3.63, 3.8) is 0 Å². The molecule has 0 atom stereocenters. The molecule has 4 nitrogen and oxygen atoms in total. The van der Waals surface area contributed by atoms with Crippen molar-refractivity contribution >= 4 is 27.5 Å². The molecule has 2 aromatic carbocycles. The first kappa shape index (κ1) is 18.4. The van der Waals surface area contributed by atoms with Crippen LogP contribution in [-0.2, 0) is 10.0 Å². The van der Waals surface area contributed by atoms with Crippen molar-refractivity contribution in [2.45, 2.75) is 16.7 Å². The van der Waals surface area contributed by atoms with Crippen molar-refractivity contribution in [3.8, 4) is 5.75 Å². The van der Waals surface area contributed by atoms with Gasteiger partial charge in [0.2, 0.25) is 0 Å². The van der Waals surface area contributed by atoms with E-state index in [9.17, 15) is 8.42 Å². The third-order valence-corrected chi connectivity index (χ3v) is 6.09. The molecule has 0 N–H and O–H groups in total. The standard InChI is InChI=1S/C18H21NO3S2/c1-4-14-22-16-8-6-15(7-9-16)19(5-2)24(20,21)18-12-10-17(23-3)11-13-18/h4,6-13H,1,5,14H2,2-3H3. The molecule has 0 amide bonds. The maximum Gasteiger partial charge on any atom is 0.264 e. The van der Waals surface area contributed by atoms with Crippen LogP contribution in [0.4, 0.5) is 5.69 Å². The average Bonchev–Trinajstić information content (AvgIpc) is 2.61. The molecule has 0 unspecified atom stereocenters. The normalized spacial score (nSPS) is 11.1. The van der Waals surface area contributed by atoms with Gasteiger partial charge < -0.3 is 4.74 Å². The Labute approximate surface area is 148 Å². The topological polar surface area (TPSA) is 46.6 Å². The molecule has 0 aliphatic rings. The van der Waals surface area contributed by atoms with E-state index in [1.54, 1.807) is 54.2 Å². The predicted molar refractivity (Wildman–Crippen MR) is 101 cm³/mol. The Morgan fingerprint density at radius 2 is 1.75 bits per heavy atom. The Balaban J connectivity index is 2.29. The SMILES string of the molecule is C=CCOc1ccc(N(CC)S(=O)(=O)c2ccc(SC)cc2)cc1. The lowest BCUT2D eigenvalue weighted by Gasteiger charge is -2.23. The summed E-state index contributed by atoms with van der Waals surface area (Å²) in [7, 11) is -3.59. The average molecular weight is 364 g/mol. The molecule has 24 heavy (non-hydrogen) atoms. The summed E-state index contributed by atoms with van der Waals surface area (Å²) in [6.07, 6.45) is 3.62. The van der Waals surface area contributed by atoms with Crippen molar-refractivity contribution < 1.29 is 13.2 Å². The number of hydrogen-bond acceptors (Lipinski definition) is 4. The van der Waals surface area contributed by atoms with Crippen molar-refractivity contribution in [2.24, 2.45) is 0 Å². The van der Waals surface area contributed by atoms with Crippen LogP contribution < -0.4 is 9.04 Å². The number of sulfonamides is 1. The second-order valence-electron chi connectivity index (χ2n) is 4.94. The van der Waals surface area contributed by atoms with E-state index in [-0.39, 0.29) is 4.90 Å². The molecule has 0 saturated heterocycles. The molecule has 0 spiro atoms. The van der Waals surface area contributed by atoms with Gasteiger partial charge in [0.25, 0.3) is 10.0 Å². The lowest BCUT2D eigenvalue weighted by atomic mass is 10.3. The van der Waals surface area contributed by atoms with Gasteiger partial charge in [-0.05, 0) is 61.7 Å². The van der Waals surface area contributed by atoms with Crippen molar-refractivity contribution in [2.75, 3.05) is 23.7 Å². The summed E-state index contributed by atoms with van der Waals surface area (Å²) in [5.41, 5.74) is 0.609. The van der Waals surface area contributed by atoms with Gasteiger partial charge in [0.05, 0.1) is 10.6 Å². The minimum Gasteiger partial charge on any atom is -0.490 e.